The summed E-state index contributed by atoms with van der Waals surface area (Å²) < 4.78 is 0. The van der Waals surface area contributed by atoms with Crippen molar-refractivity contribution in [3.05, 3.63) is 0 Å². The summed E-state index contributed by atoms with van der Waals surface area (Å²) in [5, 5.41) is 0.510. The molecular weight excluding hydrogens is 284 g/mol. The average molecular weight is 310 g/mol. The standard InChI is InChI=1S/C16H26N2O2S/c1-11-12(2)21-9-8-18(11)16(20)14-4-3-7-17(10-14)15(19)13-5-6-13/h11-14H,3-10H2,1-2H3/t11-,12+,14+/m1/s1. The minimum absolute atomic E-state index is 0.0270. The first-order valence-corrected chi connectivity index (χ1v) is 9.33. The molecule has 0 N–H and O–H groups in total. The fraction of sp³-hybridized carbons (Fsp3) is 0.875. The smallest absolute Gasteiger partial charge is 0.227 e. The van der Waals surface area contributed by atoms with Gasteiger partial charge >= 0.3 is 0 Å². The summed E-state index contributed by atoms with van der Waals surface area (Å²) in [7, 11) is 0. The highest BCUT2D eigenvalue weighted by Crippen LogP contribution is 2.33. The van der Waals surface area contributed by atoms with Gasteiger partial charge in [-0.25, -0.2) is 0 Å². The summed E-state index contributed by atoms with van der Waals surface area (Å²) in [6.07, 6.45) is 4.01. The Labute approximate surface area is 131 Å². The lowest BCUT2D eigenvalue weighted by Crippen LogP contribution is -2.53. The van der Waals surface area contributed by atoms with Crippen LogP contribution >= 0.6 is 11.8 Å². The molecule has 2 amide bonds. The van der Waals surface area contributed by atoms with Crippen molar-refractivity contribution >= 4 is 23.6 Å². The van der Waals surface area contributed by atoms with Crippen LogP contribution in [0, 0.1) is 11.8 Å². The third-order valence-electron chi connectivity index (χ3n) is 5.18. The second kappa shape index (κ2) is 6.19. The van der Waals surface area contributed by atoms with Gasteiger partial charge in [-0.2, -0.15) is 11.8 Å². The molecule has 1 aliphatic carbocycles. The molecule has 118 valence electrons. The molecule has 21 heavy (non-hydrogen) atoms. The van der Waals surface area contributed by atoms with E-state index in [4.69, 9.17) is 0 Å². The number of thioether (sulfide) groups is 1. The Bertz CT molecular complexity index is 425. The van der Waals surface area contributed by atoms with Crippen molar-refractivity contribution in [3.63, 3.8) is 0 Å². The predicted molar refractivity (Wildman–Crippen MR) is 85.1 cm³/mol. The molecule has 0 aromatic rings. The number of hydrogen-bond acceptors (Lipinski definition) is 3. The third-order valence-corrected chi connectivity index (χ3v) is 6.51. The summed E-state index contributed by atoms with van der Waals surface area (Å²) in [4.78, 5) is 29.1. The van der Waals surface area contributed by atoms with Crippen LogP contribution in [0.15, 0.2) is 0 Å². The van der Waals surface area contributed by atoms with Crippen LogP contribution in [-0.4, -0.2) is 58.3 Å². The van der Waals surface area contributed by atoms with E-state index < -0.39 is 0 Å². The van der Waals surface area contributed by atoms with E-state index in [0.717, 1.165) is 44.5 Å². The quantitative estimate of drug-likeness (QED) is 0.783. The largest absolute Gasteiger partial charge is 0.342 e. The van der Waals surface area contributed by atoms with Crippen LogP contribution in [0.2, 0.25) is 0 Å². The van der Waals surface area contributed by atoms with Gasteiger partial charge in [0.05, 0.1) is 5.92 Å². The fourth-order valence-electron chi connectivity index (χ4n) is 3.45. The van der Waals surface area contributed by atoms with E-state index in [1.165, 1.54) is 0 Å². The van der Waals surface area contributed by atoms with Gasteiger partial charge in [-0.1, -0.05) is 6.92 Å². The van der Waals surface area contributed by atoms with Crippen LogP contribution < -0.4 is 0 Å². The monoisotopic (exact) mass is 310 g/mol. The topological polar surface area (TPSA) is 40.6 Å². The van der Waals surface area contributed by atoms with Gasteiger partial charge in [-0.15, -0.1) is 0 Å². The summed E-state index contributed by atoms with van der Waals surface area (Å²) in [6.45, 7) is 6.73. The SMILES string of the molecule is C[C@@H]1SCCN(C(=O)[C@H]2CCCN(C(=O)C3CC3)C2)[C@@H]1C. The van der Waals surface area contributed by atoms with Crippen molar-refractivity contribution < 1.29 is 9.59 Å². The van der Waals surface area contributed by atoms with Crippen LogP contribution in [0.4, 0.5) is 0 Å². The number of piperidine rings is 1. The Balaban J connectivity index is 1.62. The van der Waals surface area contributed by atoms with Crippen LogP contribution in [0.1, 0.15) is 39.5 Å². The molecule has 2 saturated heterocycles. The highest BCUT2D eigenvalue weighted by molar-refractivity contribution is 8.00. The maximum absolute atomic E-state index is 12.8. The second-order valence-corrected chi connectivity index (χ2v) is 8.23. The van der Waals surface area contributed by atoms with Crippen molar-refractivity contribution in [2.75, 3.05) is 25.4 Å². The zero-order valence-electron chi connectivity index (χ0n) is 13.1. The van der Waals surface area contributed by atoms with Crippen LogP contribution in [0.5, 0.6) is 0 Å². The van der Waals surface area contributed by atoms with E-state index in [-0.39, 0.29) is 17.7 Å². The maximum atomic E-state index is 12.8. The first-order chi connectivity index (χ1) is 10.1. The van der Waals surface area contributed by atoms with E-state index in [9.17, 15) is 9.59 Å². The van der Waals surface area contributed by atoms with Gasteiger partial charge in [-0.3, -0.25) is 9.59 Å². The molecule has 2 heterocycles. The Hall–Kier alpha value is -0.710. The average Bonchev–Trinajstić information content (AvgIpc) is 3.33. The first-order valence-electron chi connectivity index (χ1n) is 8.29. The molecule has 0 aromatic heterocycles. The van der Waals surface area contributed by atoms with Gasteiger partial charge in [-0.05, 0) is 32.6 Å². The van der Waals surface area contributed by atoms with Crippen LogP contribution in [0.3, 0.4) is 0 Å². The summed E-state index contributed by atoms with van der Waals surface area (Å²) >= 11 is 1.95. The highest BCUT2D eigenvalue weighted by atomic mass is 32.2. The minimum Gasteiger partial charge on any atom is -0.342 e. The Morgan fingerprint density at radius 1 is 1.00 bits per heavy atom. The number of rotatable bonds is 2. The molecule has 3 atom stereocenters. The highest BCUT2D eigenvalue weighted by Gasteiger charge is 2.39. The van der Waals surface area contributed by atoms with Crippen molar-refractivity contribution in [2.24, 2.45) is 11.8 Å². The van der Waals surface area contributed by atoms with Crippen molar-refractivity contribution in [3.8, 4) is 0 Å². The number of likely N-dealkylation sites (tertiary alicyclic amines) is 1. The molecule has 0 aromatic carbocycles. The Morgan fingerprint density at radius 2 is 1.76 bits per heavy atom. The van der Waals surface area contributed by atoms with Crippen molar-refractivity contribution in [2.45, 2.75) is 50.8 Å². The van der Waals surface area contributed by atoms with E-state index >= 15 is 0 Å². The van der Waals surface area contributed by atoms with Crippen molar-refractivity contribution in [1.29, 1.82) is 0 Å². The minimum atomic E-state index is 0.0270. The van der Waals surface area contributed by atoms with Gasteiger partial charge in [0.15, 0.2) is 0 Å². The molecule has 3 rings (SSSR count). The van der Waals surface area contributed by atoms with Gasteiger partial charge in [0.2, 0.25) is 11.8 Å². The Morgan fingerprint density at radius 3 is 2.48 bits per heavy atom. The zero-order valence-corrected chi connectivity index (χ0v) is 13.9. The number of carbonyl (C=O) groups excluding carboxylic acids is 2. The molecule has 4 nitrogen and oxygen atoms in total. The first kappa shape index (κ1) is 15.2. The normalized spacial score (nSPS) is 33.9. The molecule has 3 aliphatic rings. The molecule has 5 heteroatoms. The van der Waals surface area contributed by atoms with Gasteiger partial charge in [0.1, 0.15) is 0 Å². The molecular formula is C16H26N2O2S. The number of amides is 2. The van der Waals surface area contributed by atoms with Gasteiger partial charge < -0.3 is 9.80 Å². The van der Waals surface area contributed by atoms with Crippen LogP contribution in [0.25, 0.3) is 0 Å². The fourth-order valence-corrected chi connectivity index (χ4v) is 4.55. The molecule has 0 spiro atoms. The molecule has 3 fully saturated rings. The van der Waals surface area contributed by atoms with E-state index in [2.05, 4.69) is 18.7 Å². The molecule has 0 bridgehead atoms. The molecule has 0 radical (unpaired) electrons. The Kier molecular flexibility index (Phi) is 4.48. The lowest BCUT2D eigenvalue weighted by atomic mass is 9.95. The lowest BCUT2D eigenvalue weighted by molar-refractivity contribution is -0.142. The van der Waals surface area contributed by atoms with E-state index in [0.29, 0.717) is 23.7 Å². The van der Waals surface area contributed by atoms with Crippen molar-refractivity contribution in [1.82, 2.24) is 9.80 Å². The third kappa shape index (κ3) is 3.22. The predicted octanol–water partition coefficient (Wildman–Crippen LogP) is 1.99. The second-order valence-electron chi connectivity index (χ2n) is 6.75. The van der Waals surface area contributed by atoms with E-state index in [1.54, 1.807) is 0 Å². The van der Waals surface area contributed by atoms with Gasteiger partial charge in [0, 0.05) is 42.6 Å². The lowest BCUT2D eigenvalue weighted by Gasteiger charge is -2.41. The maximum Gasteiger partial charge on any atom is 0.227 e. The molecule has 2 aliphatic heterocycles. The molecule has 0 unspecified atom stereocenters. The number of carbonyl (C=O) groups is 2. The summed E-state index contributed by atoms with van der Waals surface area (Å²) in [5.74, 6) is 1.91. The van der Waals surface area contributed by atoms with Gasteiger partial charge in [0.25, 0.3) is 0 Å². The summed E-state index contributed by atoms with van der Waals surface area (Å²) in [6, 6.07) is 0.311. The van der Waals surface area contributed by atoms with Crippen LogP contribution in [-0.2, 0) is 9.59 Å². The molecule has 1 saturated carbocycles. The zero-order chi connectivity index (χ0) is 15.0. The van der Waals surface area contributed by atoms with E-state index in [1.807, 2.05) is 16.7 Å². The number of hydrogen-bond donors (Lipinski definition) is 0. The summed E-state index contributed by atoms with van der Waals surface area (Å²) in [5.41, 5.74) is 0. The number of nitrogens with zero attached hydrogens (tertiary/aromatic N) is 2.